The van der Waals surface area contributed by atoms with E-state index >= 15 is 0 Å². The van der Waals surface area contributed by atoms with Gasteiger partial charge in [0.1, 0.15) is 5.75 Å². The maximum absolute atomic E-state index is 12.1. The molecule has 26 heavy (non-hydrogen) atoms. The Labute approximate surface area is 151 Å². The number of rotatable bonds is 5. The highest BCUT2D eigenvalue weighted by molar-refractivity contribution is 5.80. The Morgan fingerprint density at radius 3 is 2.23 bits per heavy atom. The minimum Gasteiger partial charge on any atom is -0.504 e. The molecule has 138 valence electrons. The number of phenols is 1. The topological polar surface area (TPSA) is 83.5 Å². The third kappa shape index (κ3) is 2.85. The van der Waals surface area contributed by atoms with E-state index in [0.29, 0.717) is 34.3 Å². The monoisotopic (exact) mass is 360 g/mol. The molecule has 0 saturated heterocycles. The van der Waals surface area contributed by atoms with Crippen LogP contribution in [0.4, 0.5) is 0 Å². The fraction of sp³-hybridized carbons (Fsp3) is 0.316. The van der Waals surface area contributed by atoms with E-state index in [4.69, 9.17) is 23.7 Å². The van der Waals surface area contributed by atoms with Crippen molar-refractivity contribution >= 4 is 5.97 Å². The number of phenolic OH excluding ortho intramolecular Hbond substituents is 1. The highest BCUT2D eigenvalue weighted by atomic mass is 16.5. The maximum atomic E-state index is 12.1. The number of ether oxygens (including phenoxy) is 5. The van der Waals surface area contributed by atoms with Crippen molar-refractivity contribution in [2.45, 2.75) is 12.3 Å². The van der Waals surface area contributed by atoms with E-state index in [1.54, 1.807) is 24.3 Å². The number of esters is 1. The molecule has 0 aromatic heterocycles. The Balaban J connectivity index is 2.22. The second-order valence-corrected chi connectivity index (χ2v) is 5.72. The second-order valence-electron chi connectivity index (χ2n) is 5.72. The van der Waals surface area contributed by atoms with E-state index in [2.05, 4.69) is 0 Å². The van der Waals surface area contributed by atoms with Crippen LogP contribution in [0.5, 0.6) is 34.5 Å². The van der Waals surface area contributed by atoms with Crippen molar-refractivity contribution in [3.8, 4) is 34.5 Å². The van der Waals surface area contributed by atoms with E-state index in [9.17, 15) is 9.90 Å². The number of carbonyl (C=O) groups is 1. The van der Waals surface area contributed by atoms with E-state index in [0.717, 1.165) is 5.56 Å². The first-order valence-electron chi connectivity index (χ1n) is 7.94. The minimum absolute atomic E-state index is 0.00932. The molecule has 0 aliphatic carbocycles. The van der Waals surface area contributed by atoms with Gasteiger partial charge in [0.15, 0.2) is 23.0 Å². The SMILES string of the molecule is COc1ccc(C2CC(=O)Oc3cc(OC)c(OC)c(OC)c32)cc1O. The smallest absolute Gasteiger partial charge is 0.312 e. The highest BCUT2D eigenvalue weighted by Crippen LogP contribution is 2.52. The first kappa shape index (κ1) is 17.7. The number of fused-ring (bicyclic) bond motifs is 1. The molecule has 0 fully saturated rings. The molecule has 0 amide bonds. The minimum atomic E-state index is -0.382. The molecule has 0 spiro atoms. The summed E-state index contributed by atoms with van der Waals surface area (Å²) >= 11 is 0. The van der Waals surface area contributed by atoms with Crippen LogP contribution in [0.15, 0.2) is 24.3 Å². The second kappa shape index (κ2) is 7.03. The summed E-state index contributed by atoms with van der Waals surface area (Å²) in [5.74, 6) is 1.16. The predicted molar refractivity (Wildman–Crippen MR) is 92.9 cm³/mol. The van der Waals surface area contributed by atoms with E-state index in [1.165, 1.54) is 28.4 Å². The molecule has 1 atom stereocenters. The summed E-state index contributed by atoms with van der Waals surface area (Å²) in [7, 11) is 5.99. The Morgan fingerprint density at radius 2 is 1.65 bits per heavy atom. The highest BCUT2D eigenvalue weighted by Gasteiger charge is 2.35. The average molecular weight is 360 g/mol. The van der Waals surface area contributed by atoms with Crippen LogP contribution in [0, 0.1) is 0 Å². The van der Waals surface area contributed by atoms with Gasteiger partial charge in [-0.25, -0.2) is 0 Å². The van der Waals surface area contributed by atoms with Crippen LogP contribution in [0.25, 0.3) is 0 Å². The molecular formula is C19H20O7. The number of hydrogen-bond donors (Lipinski definition) is 1. The molecule has 2 aromatic carbocycles. The van der Waals surface area contributed by atoms with Crippen LogP contribution < -0.4 is 23.7 Å². The molecule has 1 aliphatic rings. The lowest BCUT2D eigenvalue weighted by molar-refractivity contribution is -0.135. The first-order valence-corrected chi connectivity index (χ1v) is 7.94. The summed E-state index contributed by atoms with van der Waals surface area (Å²) in [6.07, 6.45) is 0.102. The van der Waals surface area contributed by atoms with Crippen LogP contribution in [-0.4, -0.2) is 39.5 Å². The molecule has 1 N–H and O–H groups in total. The van der Waals surface area contributed by atoms with E-state index in [1.807, 2.05) is 0 Å². The van der Waals surface area contributed by atoms with Crippen molar-refractivity contribution in [1.29, 1.82) is 0 Å². The molecular weight excluding hydrogens is 340 g/mol. The lowest BCUT2D eigenvalue weighted by atomic mass is 9.85. The summed E-state index contributed by atoms with van der Waals surface area (Å²) in [5, 5.41) is 10.1. The lowest BCUT2D eigenvalue weighted by Gasteiger charge is -2.28. The zero-order valence-corrected chi connectivity index (χ0v) is 15.0. The summed E-state index contributed by atoms with van der Waals surface area (Å²) in [5.41, 5.74) is 1.39. The number of benzene rings is 2. The largest absolute Gasteiger partial charge is 0.504 e. The quantitative estimate of drug-likeness (QED) is 0.648. The normalized spacial score (nSPS) is 15.7. The van der Waals surface area contributed by atoms with Gasteiger partial charge < -0.3 is 28.8 Å². The fourth-order valence-corrected chi connectivity index (χ4v) is 3.21. The van der Waals surface area contributed by atoms with Crippen LogP contribution in [0.2, 0.25) is 0 Å². The van der Waals surface area contributed by atoms with Gasteiger partial charge in [-0.2, -0.15) is 0 Å². The van der Waals surface area contributed by atoms with Gasteiger partial charge in [0.05, 0.1) is 34.9 Å². The molecule has 0 radical (unpaired) electrons. The molecule has 7 heteroatoms. The number of aromatic hydroxyl groups is 1. The zero-order valence-electron chi connectivity index (χ0n) is 15.0. The molecule has 1 heterocycles. The Morgan fingerprint density at radius 1 is 0.962 bits per heavy atom. The van der Waals surface area contributed by atoms with Crippen LogP contribution in [0.1, 0.15) is 23.5 Å². The third-order valence-electron chi connectivity index (χ3n) is 4.38. The maximum Gasteiger partial charge on any atom is 0.312 e. The van der Waals surface area contributed by atoms with Gasteiger partial charge in [-0.1, -0.05) is 6.07 Å². The molecule has 3 rings (SSSR count). The molecule has 0 saturated carbocycles. The number of methoxy groups -OCH3 is 4. The van der Waals surface area contributed by atoms with Crippen LogP contribution in [-0.2, 0) is 4.79 Å². The third-order valence-corrected chi connectivity index (χ3v) is 4.38. The Hall–Kier alpha value is -3.09. The molecule has 7 nitrogen and oxygen atoms in total. The first-order chi connectivity index (χ1) is 12.5. The van der Waals surface area contributed by atoms with Crippen LogP contribution >= 0.6 is 0 Å². The molecule has 0 bridgehead atoms. The van der Waals surface area contributed by atoms with Crippen molar-refractivity contribution in [2.75, 3.05) is 28.4 Å². The van der Waals surface area contributed by atoms with Gasteiger partial charge in [-0.3, -0.25) is 4.79 Å². The molecule has 1 aliphatic heterocycles. The van der Waals surface area contributed by atoms with E-state index in [-0.39, 0.29) is 24.1 Å². The molecule has 1 unspecified atom stereocenters. The molecule has 2 aromatic rings. The van der Waals surface area contributed by atoms with Gasteiger partial charge in [-0.15, -0.1) is 0 Å². The Kier molecular flexibility index (Phi) is 4.79. The summed E-state index contributed by atoms with van der Waals surface area (Å²) < 4.78 is 26.8. The van der Waals surface area contributed by atoms with Crippen molar-refractivity contribution < 1.29 is 33.6 Å². The van der Waals surface area contributed by atoms with Crippen LogP contribution in [0.3, 0.4) is 0 Å². The standard InChI is InChI=1S/C19H20O7/c1-22-13-6-5-10(7-12(13)20)11-8-16(21)26-14-9-15(23-2)18(24-3)19(25-4)17(11)14/h5-7,9,11,20H,8H2,1-4H3. The Bertz CT molecular complexity index is 844. The summed E-state index contributed by atoms with van der Waals surface area (Å²) in [6.45, 7) is 0. The fourth-order valence-electron chi connectivity index (χ4n) is 3.21. The zero-order chi connectivity index (χ0) is 18.8. The van der Waals surface area contributed by atoms with Gasteiger partial charge in [0.25, 0.3) is 0 Å². The van der Waals surface area contributed by atoms with E-state index < -0.39 is 0 Å². The summed E-state index contributed by atoms with van der Waals surface area (Å²) in [6, 6.07) is 6.62. The van der Waals surface area contributed by atoms with Crippen molar-refractivity contribution in [3.63, 3.8) is 0 Å². The number of hydrogen-bond acceptors (Lipinski definition) is 7. The number of carbonyl (C=O) groups excluding carboxylic acids is 1. The van der Waals surface area contributed by atoms with Gasteiger partial charge in [-0.05, 0) is 17.7 Å². The van der Waals surface area contributed by atoms with Gasteiger partial charge >= 0.3 is 5.97 Å². The average Bonchev–Trinajstić information content (AvgIpc) is 2.65. The van der Waals surface area contributed by atoms with Gasteiger partial charge in [0.2, 0.25) is 5.75 Å². The predicted octanol–water partition coefficient (Wildman–Crippen LogP) is 2.87. The van der Waals surface area contributed by atoms with Gasteiger partial charge in [0, 0.05) is 17.5 Å². The van der Waals surface area contributed by atoms with Crippen molar-refractivity contribution in [1.82, 2.24) is 0 Å². The van der Waals surface area contributed by atoms with Crippen molar-refractivity contribution in [2.24, 2.45) is 0 Å². The summed E-state index contributed by atoms with van der Waals surface area (Å²) in [4.78, 5) is 12.1. The van der Waals surface area contributed by atoms with Crippen molar-refractivity contribution in [3.05, 3.63) is 35.4 Å². The lowest BCUT2D eigenvalue weighted by Crippen LogP contribution is -2.22.